The number of aliphatic carboxylic acids is 1. The molecule has 0 aromatic heterocycles. The first kappa shape index (κ1) is 63.7. The van der Waals surface area contributed by atoms with E-state index in [0.29, 0.717) is 11.3 Å². The topological polar surface area (TPSA) is 476 Å². The summed E-state index contributed by atoms with van der Waals surface area (Å²) in [5.74, 6) is -11.6. The van der Waals surface area contributed by atoms with Crippen molar-refractivity contribution >= 4 is 102 Å². The zero-order valence-electron chi connectivity index (χ0n) is 41.5. The molecule has 1 aliphatic rings. The van der Waals surface area contributed by atoms with Crippen molar-refractivity contribution in [3.8, 4) is 5.75 Å². The van der Waals surface area contributed by atoms with Crippen LogP contribution in [-0.2, 0) is 64.0 Å². The van der Waals surface area contributed by atoms with Crippen molar-refractivity contribution in [3.05, 3.63) is 29.8 Å². The maximum absolute atomic E-state index is 14.0. The second kappa shape index (κ2) is 32.7. The van der Waals surface area contributed by atoms with Gasteiger partial charge in [-0.15, -0.1) is 0 Å². The van der Waals surface area contributed by atoms with Gasteiger partial charge in [0.25, 0.3) is 0 Å². The number of carbonyl (C=O) groups excluding carboxylic acids is 11. The number of guanidine groups is 1. The average molecular weight is 1100 g/mol. The molecule has 416 valence electrons. The molecule has 0 spiro atoms. The van der Waals surface area contributed by atoms with Gasteiger partial charge in [-0.3, -0.25) is 62.5 Å². The van der Waals surface area contributed by atoms with Crippen molar-refractivity contribution in [2.24, 2.45) is 33.7 Å². The molecule has 1 saturated heterocycles. The number of carboxylic acids is 1. The fraction of sp³-hybridized carbons (Fsp3) is 0.568. The first-order valence-corrected chi connectivity index (χ1v) is 24.8. The van der Waals surface area contributed by atoms with E-state index >= 15 is 0 Å². The van der Waals surface area contributed by atoms with E-state index in [1.165, 1.54) is 7.11 Å². The minimum atomic E-state index is -1.86. The predicted molar refractivity (Wildman–Crippen MR) is 275 cm³/mol. The second-order valence-electron chi connectivity index (χ2n) is 17.1. The van der Waals surface area contributed by atoms with Gasteiger partial charge in [0.2, 0.25) is 65.0 Å². The average Bonchev–Trinajstić information content (AvgIpc) is 3.85. The molecule has 0 aliphatic carbocycles. The molecule has 1 aliphatic heterocycles. The summed E-state index contributed by atoms with van der Waals surface area (Å²) in [6, 6.07) is -4.98. The van der Waals surface area contributed by atoms with Gasteiger partial charge in [0.1, 0.15) is 54.1 Å². The largest absolute Gasteiger partial charge is 0.497 e. The van der Waals surface area contributed by atoms with Crippen LogP contribution in [-0.4, -0.2) is 180 Å². The molecule has 75 heavy (non-hydrogen) atoms. The lowest BCUT2D eigenvalue weighted by molar-refractivity contribution is -0.143. The first-order chi connectivity index (χ1) is 35.4. The third-order valence-corrected chi connectivity index (χ3v) is 11.9. The number of aliphatic imine (C=N–C) groups is 1. The number of nitrogens with two attached hydrogens (primary N) is 5. The van der Waals surface area contributed by atoms with E-state index in [0.717, 1.165) is 11.8 Å². The Balaban J connectivity index is 2.35. The van der Waals surface area contributed by atoms with E-state index in [-0.39, 0.29) is 82.0 Å². The van der Waals surface area contributed by atoms with E-state index in [2.05, 4.69) is 72.8 Å². The van der Waals surface area contributed by atoms with Gasteiger partial charge in [0, 0.05) is 37.9 Å². The maximum atomic E-state index is 14.0. The van der Waals surface area contributed by atoms with E-state index in [4.69, 9.17) is 33.4 Å². The normalized spacial score (nSPS) is 15.6. The third kappa shape index (κ3) is 22.7. The van der Waals surface area contributed by atoms with Gasteiger partial charge in [0.15, 0.2) is 5.96 Å². The van der Waals surface area contributed by atoms with Crippen LogP contribution in [0.5, 0.6) is 5.75 Å². The zero-order valence-corrected chi connectivity index (χ0v) is 43.3. The monoisotopic (exact) mass is 1100 g/mol. The standard InChI is InChI=1S/C44H69N15O14S2/c1-22(60)52-31(21-75)41(70)57-29(17-33(46)61)43(72)59-15-5-8-32(59)42(71)55-25(7-4-14-50-44(48)49)37(66)51-19-34(62)53-28(18-35(63)64)40(69)56-27(16-23-9-11-24(73-2)12-10-23)39(68)54-26(6-3-13-45)38(67)58-30(20-74)36(47)65/h9-12,25-32,74-75H,3-8,13-21,45H2,1-2H3,(H2,46,61)(H2,47,65)(H,51,66)(H,52,60)(H,53,62)(H,54,68)(H,55,71)(H,56,69)(H,57,70)(H,58,67)(H,63,64)(H4,48,49,50)/t25-,26-,27-,28-,29-,30-,31-,32-/m0/s1. The van der Waals surface area contributed by atoms with E-state index in [9.17, 15) is 62.6 Å². The molecule has 2 rings (SSSR count). The van der Waals surface area contributed by atoms with Crippen molar-refractivity contribution in [2.45, 2.75) is 113 Å². The number of methoxy groups -OCH3 is 1. The Kier molecular flexibility index (Phi) is 27.8. The van der Waals surface area contributed by atoms with Gasteiger partial charge in [-0.05, 0) is 62.8 Å². The summed E-state index contributed by atoms with van der Waals surface area (Å²) in [4.78, 5) is 161. The molecule has 1 heterocycles. The number of carbonyl (C=O) groups is 12. The summed E-state index contributed by atoms with van der Waals surface area (Å²) in [5, 5.41) is 29.0. The van der Waals surface area contributed by atoms with Gasteiger partial charge >= 0.3 is 5.97 Å². The quantitative estimate of drug-likeness (QED) is 0.0135. The van der Waals surface area contributed by atoms with Crippen molar-refractivity contribution in [1.82, 2.24) is 47.4 Å². The molecule has 0 unspecified atom stereocenters. The summed E-state index contributed by atoms with van der Waals surface area (Å²) in [6.07, 6.45) is -1.38. The van der Waals surface area contributed by atoms with E-state index < -0.39 is 139 Å². The van der Waals surface area contributed by atoms with Crippen LogP contribution in [0.3, 0.4) is 0 Å². The summed E-state index contributed by atoms with van der Waals surface area (Å²) in [5.41, 5.74) is 27.7. The maximum Gasteiger partial charge on any atom is 0.305 e. The number of likely N-dealkylation sites (tertiary alicyclic amines) is 1. The molecule has 1 fully saturated rings. The van der Waals surface area contributed by atoms with E-state index in [1.54, 1.807) is 24.3 Å². The Bertz CT molecular complexity index is 2240. The minimum absolute atomic E-state index is 0.00634. The number of ether oxygens (including phenoxy) is 1. The molecule has 1 aromatic carbocycles. The summed E-state index contributed by atoms with van der Waals surface area (Å²) < 4.78 is 5.19. The van der Waals surface area contributed by atoms with Crippen LogP contribution in [0.1, 0.15) is 63.9 Å². The van der Waals surface area contributed by atoms with Gasteiger partial charge in [0.05, 0.1) is 26.5 Å². The number of carboxylic acid groups (broad SMARTS) is 1. The van der Waals surface area contributed by atoms with Crippen LogP contribution < -0.4 is 75.9 Å². The summed E-state index contributed by atoms with van der Waals surface area (Å²) >= 11 is 8.08. The lowest BCUT2D eigenvalue weighted by atomic mass is 10.0. The van der Waals surface area contributed by atoms with Gasteiger partial charge in [-0.1, -0.05) is 12.1 Å². The van der Waals surface area contributed by atoms with Gasteiger partial charge in [-0.2, -0.15) is 25.3 Å². The highest BCUT2D eigenvalue weighted by Gasteiger charge is 2.40. The van der Waals surface area contributed by atoms with E-state index in [1.807, 2.05) is 0 Å². The van der Waals surface area contributed by atoms with Crippen molar-refractivity contribution in [3.63, 3.8) is 0 Å². The second-order valence-corrected chi connectivity index (χ2v) is 17.8. The Morgan fingerprint density at radius 3 is 1.83 bits per heavy atom. The van der Waals surface area contributed by atoms with Crippen LogP contribution in [0.4, 0.5) is 0 Å². The fourth-order valence-corrected chi connectivity index (χ4v) is 7.93. The Morgan fingerprint density at radius 1 is 0.707 bits per heavy atom. The SMILES string of the molecule is COc1ccc(C[C@H](NC(=O)[C@H](CC(=O)O)NC(=O)CNC(=O)[C@H](CCCN=C(N)N)NC(=O)[C@@H]2CCCN2C(=O)[C@H](CC(N)=O)NC(=O)[C@H](CS)NC(C)=O)C(=O)N[C@@H](CCCN)C(=O)N[C@@H](CS)C(N)=O)cc1. The van der Waals surface area contributed by atoms with Crippen molar-refractivity contribution in [2.75, 3.05) is 44.8 Å². The van der Waals surface area contributed by atoms with Gasteiger partial charge < -0.3 is 85.9 Å². The van der Waals surface area contributed by atoms with Crippen LogP contribution in [0, 0.1) is 0 Å². The Hall–Kier alpha value is -7.41. The lowest BCUT2D eigenvalue weighted by Crippen LogP contribution is -2.59. The number of thiol groups is 2. The molecule has 11 amide bonds. The predicted octanol–water partition coefficient (Wildman–Crippen LogP) is -6.75. The zero-order chi connectivity index (χ0) is 56.4. The molecule has 0 radical (unpaired) electrons. The van der Waals surface area contributed by atoms with Gasteiger partial charge in [-0.25, -0.2) is 0 Å². The van der Waals surface area contributed by atoms with Crippen LogP contribution in [0.25, 0.3) is 0 Å². The number of primary amides is 2. The number of benzene rings is 1. The number of nitrogens with zero attached hydrogens (tertiary/aromatic N) is 2. The molecule has 0 saturated carbocycles. The summed E-state index contributed by atoms with van der Waals surface area (Å²) in [7, 11) is 1.43. The number of hydrogen-bond acceptors (Lipinski definition) is 17. The fourth-order valence-electron chi connectivity index (χ4n) is 7.40. The highest BCUT2D eigenvalue weighted by molar-refractivity contribution is 7.80. The number of hydrogen-bond donors (Lipinski definition) is 16. The van der Waals surface area contributed by atoms with Crippen LogP contribution in [0.15, 0.2) is 29.3 Å². The van der Waals surface area contributed by atoms with Crippen molar-refractivity contribution in [1.29, 1.82) is 0 Å². The molecule has 19 N–H and O–H groups in total. The molecule has 0 bridgehead atoms. The number of amides is 11. The lowest BCUT2D eigenvalue weighted by Gasteiger charge is -2.30. The highest BCUT2D eigenvalue weighted by Crippen LogP contribution is 2.20. The summed E-state index contributed by atoms with van der Waals surface area (Å²) in [6.45, 7) is 0.364. The Morgan fingerprint density at radius 2 is 1.27 bits per heavy atom. The Labute approximate surface area is 442 Å². The molecule has 29 nitrogen and oxygen atoms in total. The smallest absolute Gasteiger partial charge is 0.305 e. The molecular formula is C44H69N15O14S2. The molecule has 31 heteroatoms. The first-order valence-electron chi connectivity index (χ1n) is 23.5. The van der Waals surface area contributed by atoms with Crippen LogP contribution >= 0.6 is 25.3 Å². The molecule has 8 atom stereocenters. The number of rotatable bonds is 33. The highest BCUT2D eigenvalue weighted by atomic mass is 32.1. The third-order valence-electron chi connectivity index (χ3n) is 11.2. The molecular weight excluding hydrogens is 1030 g/mol. The van der Waals surface area contributed by atoms with Crippen molar-refractivity contribution < 1.29 is 67.4 Å². The number of nitrogens with one attached hydrogen (secondary N) is 8. The van der Waals surface area contributed by atoms with Crippen LogP contribution in [0.2, 0.25) is 0 Å². The molecule has 1 aromatic rings. The minimum Gasteiger partial charge on any atom is -0.497 e.